The van der Waals surface area contributed by atoms with E-state index in [0.29, 0.717) is 30.3 Å². The number of aromatic nitrogens is 4. The van der Waals surface area contributed by atoms with Crippen LogP contribution in [0, 0.1) is 11.8 Å². The highest BCUT2D eigenvalue weighted by atomic mass is 32.1. The van der Waals surface area contributed by atoms with Crippen LogP contribution in [-0.2, 0) is 6.42 Å². The van der Waals surface area contributed by atoms with E-state index in [4.69, 9.17) is 15.0 Å². The maximum atomic E-state index is 5.08. The van der Waals surface area contributed by atoms with Crippen molar-refractivity contribution >= 4 is 59.6 Å². The summed E-state index contributed by atoms with van der Waals surface area (Å²) in [5.41, 5.74) is 10.3. The van der Waals surface area contributed by atoms with E-state index in [1.807, 2.05) is 72.0 Å². The predicted molar refractivity (Wildman–Crippen MR) is 217 cm³/mol. The van der Waals surface area contributed by atoms with E-state index in [0.717, 1.165) is 40.7 Å². The molecular weight excluding hydrogens is 653 g/mol. The Hall–Kier alpha value is -6.35. The van der Waals surface area contributed by atoms with Crippen LogP contribution in [0.3, 0.4) is 0 Å². The first-order chi connectivity index (χ1) is 25.8. The summed E-state index contributed by atoms with van der Waals surface area (Å²) in [5.74, 6) is 8.82. The molecule has 5 aromatic carbocycles. The molecule has 0 atom stereocenters. The summed E-state index contributed by atoms with van der Waals surface area (Å²) in [4.78, 5) is 15.1. The van der Waals surface area contributed by atoms with Crippen molar-refractivity contribution in [1.29, 1.82) is 0 Å². The van der Waals surface area contributed by atoms with Crippen molar-refractivity contribution in [1.82, 2.24) is 19.5 Å². The van der Waals surface area contributed by atoms with Crippen LogP contribution < -0.4 is 0 Å². The molecule has 3 aromatic heterocycles. The Morgan fingerprint density at radius 2 is 1.33 bits per heavy atom. The number of para-hydroxylation sites is 1. The quantitative estimate of drug-likeness (QED) is 0.170. The fourth-order valence-corrected chi connectivity index (χ4v) is 8.88. The Labute approximate surface area is 306 Å². The summed E-state index contributed by atoms with van der Waals surface area (Å²) >= 11 is 1.89. The molecule has 0 spiro atoms. The third-order valence-electron chi connectivity index (χ3n) is 10.1. The van der Waals surface area contributed by atoms with E-state index in [1.54, 1.807) is 0 Å². The second-order valence-corrected chi connectivity index (χ2v) is 14.2. The molecular formula is C47H32N4S. The minimum absolute atomic E-state index is 0.621. The lowest BCUT2D eigenvalue weighted by Gasteiger charge is -2.19. The van der Waals surface area contributed by atoms with Gasteiger partial charge in [0.1, 0.15) is 0 Å². The molecule has 3 heterocycles. The molecule has 0 amide bonds. The molecule has 52 heavy (non-hydrogen) atoms. The number of hydrogen-bond donors (Lipinski definition) is 0. The van der Waals surface area contributed by atoms with Crippen LogP contribution in [0.15, 0.2) is 140 Å². The van der Waals surface area contributed by atoms with Gasteiger partial charge in [-0.3, -0.25) is 0 Å². The second-order valence-electron chi connectivity index (χ2n) is 13.2. The van der Waals surface area contributed by atoms with Crippen molar-refractivity contribution in [2.24, 2.45) is 0 Å². The number of thiophene rings is 1. The van der Waals surface area contributed by atoms with Crippen LogP contribution in [0.25, 0.3) is 76.8 Å². The highest BCUT2D eigenvalue weighted by Gasteiger charge is 2.24. The zero-order valence-corrected chi connectivity index (χ0v) is 29.2. The van der Waals surface area contributed by atoms with E-state index >= 15 is 0 Å². The van der Waals surface area contributed by atoms with Crippen molar-refractivity contribution in [3.05, 3.63) is 162 Å². The molecule has 0 saturated carbocycles. The van der Waals surface area contributed by atoms with Crippen molar-refractivity contribution in [3.8, 4) is 40.3 Å². The lowest BCUT2D eigenvalue weighted by molar-refractivity contribution is 0.888. The lowest BCUT2D eigenvalue weighted by atomic mass is 9.96. The van der Waals surface area contributed by atoms with E-state index in [9.17, 15) is 0 Å². The van der Waals surface area contributed by atoms with Crippen molar-refractivity contribution in [2.75, 3.05) is 0 Å². The Balaban J connectivity index is 1.19. The van der Waals surface area contributed by atoms with Crippen LogP contribution in [0.1, 0.15) is 41.9 Å². The first-order valence-electron chi connectivity index (χ1n) is 17.8. The molecule has 0 unspecified atom stereocenters. The van der Waals surface area contributed by atoms with Gasteiger partial charge in [-0.05, 0) is 36.6 Å². The topological polar surface area (TPSA) is 43.6 Å². The fourth-order valence-electron chi connectivity index (χ4n) is 7.64. The molecule has 4 nitrogen and oxygen atoms in total. The van der Waals surface area contributed by atoms with Gasteiger partial charge in [0.25, 0.3) is 0 Å². The summed E-state index contributed by atoms with van der Waals surface area (Å²) in [6.45, 7) is 0. The van der Waals surface area contributed by atoms with Gasteiger partial charge in [0.15, 0.2) is 17.5 Å². The highest BCUT2D eigenvalue weighted by molar-refractivity contribution is 7.26. The first kappa shape index (κ1) is 30.5. The normalized spacial score (nSPS) is 16.0. The number of nitrogens with zero attached hydrogens (tertiary/aromatic N) is 4. The Morgan fingerprint density at radius 1 is 0.635 bits per heavy atom. The van der Waals surface area contributed by atoms with Crippen molar-refractivity contribution < 1.29 is 0 Å². The van der Waals surface area contributed by atoms with Gasteiger partial charge < -0.3 is 4.57 Å². The maximum absolute atomic E-state index is 5.08. The van der Waals surface area contributed by atoms with Gasteiger partial charge in [0, 0.05) is 67.2 Å². The van der Waals surface area contributed by atoms with Crippen LogP contribution in [0.2, 0.25) is 0 Å². The maximum Gasteiger partial charge on any atom is 0.164 e. The molecule has 5 heteroatoms. The SMILES string of the molecule is C1#CC/C(c2ccccc2-n2c3c(c4ccc5c6ccccc6sc5c42)C=CCC3)=C\C(c2nc(-c3ccccc3)nc(-c3ccccc3)n2)=C/C1. The zero-order valence-electron chi connectivity index (χ0n) is 28.4. The molecule has 0 N–H and O–H groups in total. The standard InChI is InChI=1S/C47H32N4S/c1-4-16-31(17-5-1)45-48-46(32-18-6-2-7-19-32)50-47(49-45)34-21-9-3-8-20-33(30-34)35-22-10-13-25-40(35)51-41-26-14-11-23-36(41)38-28-29-39-37-24-12-15-27-42(37)52-44(39)43(38)51/h1-2,4-7,10-13,15-19,21-25,27-30H,9,14,20,26H2/b33-30+,34-21+. The fraction of sp³-hybridized carbons (Fsp3) is 0.0851. The molecule has 0 aliphatic heterocycles. The molecule has 2 aliphatic rings. The van der Waals surface area contributed by atoms with Gasteiger partial charge >= 0.3 is 0 Å². The molecule has 0 fully saturated rings. The molecule has 0 radical (unpaired) electrons. The number of allylic oxidation sites excluding steroid dienone is 5. The largest absolute Gasteiger partial charge is 0.311 e. The summed E-state index contributed by atoms with van der Waals surface area (Å²) in [5, 5.41) is 3.93. The number of rotatable bonds is 5. The van der Waals surface area contributed by atoms with Gasteiger partial charge in [-0.25, -0.2) is 15.0 Å². The minimum Gasteiger partial charge on any atom is -0.311 e. The van der Waals surface area contributed by atoms with Gasteiger partial charge in [0.05, 0.1) is 15.9 Å². The van der Waals surface area contributed by atoms with Crippen LogP contribution in [0.4, 0.5) is 0 Å². The average Bonchev–Trinajstić information content (AvgIpc) is 3.75. The predicted octanol–water partition coefficient (Wildman–Crippen LogP) is 11.7. The molecule has 8 aromatic rings. The summed E-state index contributed by atoms with van der Waals surface area (Å²) in [7, 11) is 0. The number of hydrogen-bond acceptors (Lipinski definition) is 4. The smallest absolute Gasteiger partial charge is 0.164 e. The van der Waals surface area contributed by atoms with Crippen molar-refractivity contribution in [2.45, 2.75) is 25.7 Å². The molecule has 246 valence electrons. The van der Waals surface area contributed by atoms with Crippen molar-refractivity contribution in [3.63, 3.8) is 0 Å². The van der Waals surface area contributed by atoms with Gasteiger partial charge in [-0.1, -0.05) is 139 Å². The molecule has 10 rings (SSSR count). The number of benzene rings is 5. The Kier molecular flexibility index (Phi) is 7.48. The van der Waals surface area contributed by atoms with Gasteiger partial charge in [-0.2, -0.15) is 0 Å². The van der Waals surface area contributed by atoms with Crippen LogP contribution in [0.5, 0.6) is 0 Å². The van der Waals surface area contributed by atoms with E-state index in [2.05, 4.69) is 101 Å². The Bertz CT molecular complexity index is 2780. The van der Waals surface area contributed by atoms with Crippen LogP contribution in [-0.4, -0.2) is 19.5 Å². The summed E-state index contributed by atoms with van der Waals surface area (Å²) in [6, 6.07) is 42.6. The first-order valence-corrected chi connectivity index (χ1v) is 18.6. The number of fused-ring (bicyclic) bond motifs is 7. The second kappa shape index (κ2) is 12.8. The highest BCUT2D eigenvalue weighted by Crippen LogP contribution is 2.44. The zero-order chi connectivity index (χ0) is 34.4. The van der Waals surface area contributed by atoms with E-state index < -0.39 is 0 Å². The summed E-state index contributed by atoms with van der Waals surface area (Å²) < 4.78 is 5.20. The molecule has 0 bridgehead atoms. The average molecular weight is 685 g/mol. The minimum atomic E-state index is 0.621. The van der Waals surface area contributed by atoms with Gasteiger partial charge in [0.2, 0.25) is 0 Å². The summed E-state index contributed by atoms with van der Waals surface area (Å²) in [6.07, 6.45) is 12.3. The third kappa shape index (κ3) is 5.19. The monoisotopic (exact) mass is 684 g/mol. The van der Waals surface area contributed by atoms with Crippen LogP contribution >= 0.6 is 11.3 Å². The molecule has 0 saturated heterocycles. The van der Waals surface area contributed by atoms with Gasteiger partial charge in [-0.15, -0.1) is 11.3 Å². The van der Waals surface area contributed by atoms with E-state index in [-0.39, 0.29) is 0 Å². The molecule has 2 aliphatic carbocycles. The lowest BCUT2D eigenvalue weighted by Crippen LogP contribution is -2.06. The Morgan fingerprint density at radius 3 is 2.13 bits per heavy atom. The van der Waals surface area contributed by atoms with E-state index in [1.165, 1.54) is 48.0 Å². The third-order valence-corrected chi connectivity index (χ3v) is 11.2.